The molecule has 116 valence electrons. The van der Waals surface area contributed by atoms with E-state index < -0.39 is 10.2 Å². The van der Waals surface area contributed by atoms with E-state index in [0.29, 0.717) is 38.3 Å². The molecule has 0 amide bonds. The van der Waals surface area contributed by atoms with E-state index in [1.165, 1.54) is 6.42 Å². The summed E-state index contributed by atoms with van der Waals surface area (Å²) in [5.41, 5.74) is 0. The van der Waals surface area contributed by atoms with E-state index in [2.05, 4.69) is 5.32 Å². The summed E-state index contributed by atoms with van der Waals surface area (Å²) < 4.78 is 34.6. The van der Waals surface area contributed by atoms with Gasteiger partial charge < -0.3 is 10.1 Å². The van der Waals surface area contributed by atoms with Crippen molar-refractivity contribution in [3.05, 3.63) is 0 Å². The maximum absolute atomic E-state index is 12.8. The van der Waals surface area contributed by atoms with E-state index in [9.17, 15) is 8.42 Å². The molecule has 3 aliphatic heterocycles. The summed E-state index contributed by atoms with van der Waals surface area (Å²) in [5.74, 6) is 0. The van der Waals surface area contributed by atoms with Crippen LogP contribution < -0.4 is 5.32 Å². The first-order valence-corrected chi connectivity index (χ1v) is 9.01. The van der Waals surface area contributed by atoms with Gasteiger partial charge in [0.25, 0.3) is 10.2 Å². The molecule has 7 heteroatoms. The average Bonchev–Trinajstić information content (AvgIpc) is 2.67. The van der Waals surface area contributed by atoms with Crippen LogP contribution in [-0.4, -0.2) is 67.5 Å². The van der Waals surface area contributed by atoms with E-state index in [1.54, 1.807) is 8.61 Å². The maximum Gasteiger partial charge on any atom is 0.282 e. The first kappa shape index (κ1) is 14.7. The summed E-state index contributed by atoms with van der Waals surface area (Å²) in [4.78, 5) is 0. The lowest BCUT2D eigenvalue weighted by molar-refractivity contribution is -0.0454. The minimum absolute atomic E-state index is 0.0323. The van der Waals surface area contributed by atoms with Crippen molar-refractivity contribution in [2.45, 2.75) is 57.4 Å². The van der Waals surface area contributed by atoms with Gasteiger partial charge in [0.2, 0.25) is 0 Å². The van der Waals surface area contributed by atoms with Crippen molar-refractivity contribution in [2.24, 2.45) is 0 Å². The maximum atomic E-state index is 12.8. The molecule has 4 unspecified atom stereocenters. The Hall–Kier alpha value is -0.210. The van der Waals surface area contributed by atoms with Gasteiger partial charge in [-0.2, -0.15) is 17.0 Å². The number of nitrogens with one attached hydrogen (secondary N) is 1. The highest BCUT2D eigenvalue weighted by molar-refractivity contribution is 7.86. The van der Waals surface area contributed by atoms with Crippen molar-refractivity contribution >= 4 is 10.2 Å². The zero-order valence-corrected chi connectivity index (χ0v) is 13.1. The minimum atomic E-state index is -3.35. The Labute approximate surface area is 121 Å². The molecule has 4 atom stereocenters. The van der Waals surface area contributed by atoms with Crippen LogP contribution in [0.4, 0.5) is 0 Å². The van der Waals surface area contributed by atoms with Gasteiger partial charge in [0, 0.05) is 38.3 Å². The first-order chi connectivity index (χ1) is 9.45. The first-order valence-electron chi connectivity index (χ1n) is 7.62. The van der Waals surface area contributed by atoms with Crippen LogP contribution in [0.15, 0.2) is 0 Å². The lowest BCUT2D eigenvalue weighted by Gasteiger charge is -2.37. The molecule has 3 fully saturated rings. The van der Waals surface area contributed by atoms with E-state index in [-0.39, 0.29) is 12.2 Å². The van der Waals surface area contributed by atoms with Crippen LogP contribution in [0.1, 0.15) is 33.1 Å². The van der Waals surface area contributed by atoms with Gasteiger partial charge in [0.1, 0.15) is 0 Å². The van der Waals surface area contributed by atoms with Gasteiger partial charge in [-0.15, -0.1) is 0 Å². The van der Waals surface area contributed by atoms with E-state index in [4.69, 9.17) is 4.74 Å². The lowest BCUT2D eigenvalue weighted by atomic mass is 10.1. The normalized spacial score (nSPS) is 40.7. The molecule has 0 aromatic carbocycles. The molecule has 3 aliphatic rings. The van der Waals surface area contributed by atoms with Crippen LogP contribution >= 0.6 is 0 Å². The van der Waals surface area contributed by atoms with Crippen LogP contribution in [0.3, 0.4) is 0 Å². The van der Waals surface area contributed by atoms with Crippen LogP contribution in [0.5, 0.6) is 0 Å². The predicted octanol–water partition coefficient (Wildman–Crippen LogP) is 0.167. The van der Waals surface area contributed by atoms with Gasteiger partial charge in [0.15, 0.2) is 0 Å². The highest BCUT2D eigenvalue weighted by Gasteiger charge is 2.39. The van der Waals surface area contributed by atoms with E-state index in [0.717, 1.165) is 12.8 Å². The second-order valence-electron chi connectivity index (χ2n) is 6.37. The van der Waals surface area contributed by atoms with E-state index in [1.807, 2.05) is 13.8 Å². The standard InChI is InChI=1S/C13H25N3O3S/c1-10-7-16(8-11(2)19-10)20(17,18)15-6-5-12-3-4-13(9-15)14-12/h10-14H,3-9H2,1-2H3. The fourth-order valence-electron chi connectivity index (χ4n) is 3.60. The highest BCUT2D eigenvalue weighted by atomic mass is 32.2. The molecule has 0 radical (unpaired) electrons. The number of morpholine rings is 1. The Morgan fingerprint density at radius 1 is 0.950 bits per heavy atom. The van der Waals surface area contributed by atoms with Gasteiger partial charge >= 0.3 is 0 Å². The quantitative estimate of drug-likeness (QED) is 0.790. The van der Waals surface area contributed by atoms with Crippen LogP contribution in [0, 0.1) is 0 Å². The number of hydrogen-bond donors (Lipinski definition) is 1. The molecule has 1 N–H and O–H groups in total. The molecule has 6 nitrogen and oxygen atoms in total. The van der Waals surface area contributed by atoms with E-state index >= 15 is 0 Å². The van der Waals surface area contributed by atoms with Crippen molar-refractivity contribution in [1.29, 1.82) is 0 Å². The van der Waals surface area contributed by atoms with Crippen LogP contribution in [0.25, 0.3) is 0 Å². The summed E-state index contributed by atoms with van der Waals surface area (Å²) in [6.07, 6.45) is 3.13. The summed E-state index contributed by atoms with van der Waals surface area (Å²) >= 11 is 0. The minimum Gasteiger partial charge on any atom is -0.373 e. The van der Waals surface area contributed by atoms with Gasteiger partial charge in [-0.25, -0.2) is 0 Å². The SMILES string of the molecule is CC1CN(S(=O)(=O)N2CCC3CCC(C2)N3)CC(C)O1. The van der Waals surface area contributed by atoms with Crippen molar-refractivity contribution < 1.29 is 13.2 Å². The highest BCUT2D eigenvalue weighted by Crippen LogP contribution is 2.24. The van der Waals surface area contributed by atoms with Gasteiger partial charge in [0.05, 0.1) is 12.2 Å². The molecule has 0 aromatic heterocycles. The fraction of sp³-hybridized carbons (Fsp3) is 1.00. The molecule has 0 aromatic rings. The molecule has 3 heterocycles. The van der Waals surface area contributed by atoms with Crippen LogP contribution in [-0.2, 0) is 14.9 Å². The Bertz CT molecular complexity index is 446. The number of fused-ring (bicyclic) bond motifs is 2. The van der Waals surface area contributed by atoms with Crippen LogP contribution in [0.2, 0.25) is 0 Å². The Kier molecular flexibility index (Phi) is 4.07. The topological polar surface area (TPSA) is 61.9 Å². The molecule has 0 aliphatic carbocycles. The van der Waals surface area contributed by atoms with Crippen molar-refractivity contribution in [1.82, 2.24) is 13.9 Å². The fourth-order valence-corrected chi connectivity index (χ4v) is 5.43. The second-order valence-corrected chi connectivity index (χ2v) is 8.30. The molecule has 2 bridgehead atoms. The molecule has 0 spiro atoms. The number of rotatable bonds is 2. The van der Waals surface area contributed by atoms with Crippen molar-refractivity contribution in [2.75, 3.05) is 26.2 Å². The average molecular weight is 303 g/mol. The zero-order valence-electron chi connectivity index (χ0n) is 12.3. The predicted molar refractivity (Wildman–Crippen MR) is 76.6 cm³/mol. The Balaban J connectivity index is 1.74. The zero-order chi connectivity index (χ0) is 14.3. The molecule has 20 heavy (non-hydrogen) atoms. The monoisotopic (exact) mass is 303 g/mol. The third-order valence-corrected chi connectivity index (χ3v) is 6.46. The summed E-state index contributed by atoms with van der Waals surface area (Å²) in [5, 5.41) is 3.53. The summed E-state index contributed by atoms with van der Waals surface area (Å²) in [7, 11) is -3.35. The van der Waals surface area contributed by atoms with Gasteiger partial charge in [-0.3, -0.25) is 0 Å². The van der Waals surface area contributed by atoms with Crippen molar-refractivity contribution in [3.63, 3.8) is 0 Å². The third kappa shape index (κ3) is 2.87. The van der Waals surface area contributed by atoms with Gasteiger partial charge in [-0.1, -0.05) is 0 Å². The summed E-state index contributed by atoms with van der Waals surface area (Å²) in [6.45, 7) is 6.04. The number of hydrogen-bond acceptors (Lipinski definition) is 4. The Morgan fingerprint density at radius 2 is 1.60 bits per heavy atom. The lowest BCUT2D eigenvalue weighted by Crippen LogP contribution is -2.54. The molecular weight excluding hydrogens is 278 g/mol. The largest absolute Gasteiger partial charge is 0.373 e. The second kappa shape index (κ2) is 5.53. The number of ether oxygens (including phenoxy) is 1. The molecular formula is C13H25N3O3S. The summed E-state index contributed by atoms with van der Waals surface area (Å²) in [6, 6.07) is 0.830. The Morgan fingerprint density at radius 3 is 2.30 bits per heavy atom. The van der Waals surface area contributed by atoms with Gasteiger partial charge in [-0.05, 0) is 33.1 Å². The third-order valence-electron chi connectivity index (χ3n) is 4.52. The molecule has 3 rings (SSSR count). The number of nitrogens with zero attached hydrogens (tertiary/aromatic N) is 2. The van der Waals surface area contributed by atoms with Crippen molar-refractivity contribution in [3.8, 4) is 0 Å². The smallest absolute Gasteiger partial charge is 0.282 e. The molecule has 0 saturated carbocycles. The molecule has 3 saturated heterocycles.